The van der Waals surface area contributed by atoms with Crippen LogP contribution in [0, 0.1) is 12.8 Å². The molecule has 1 fully saturated rings. The van der Waals surface area contributed by atoms with Crippen LogP contribution in [0.2, 0.25) is 0 Å². The fourth-order valence-corrected chi connectivity index (χ4v) is 3.08. The molecule has 1 saturated carbocycles. The van der Waals surface area contributed by atoms with Crippen molar-refractivity contribution in [1.29, 1.82) is 0 Å². The summed E-state index contributed by atoms with van der Waals surface area (Å²) in [5, 5.41) is 4.44. The molecule has 0 radical (unpaired) electrons. The third-order valence-corrected chi connectivity index (χ3v) is 3.98. The van der Waals surface area contributed by atoms with Crippen LogP contribution >= 0.6 is 11.6 Å². The van der Waals surface area contributed by atoms with Crippen LogP contribution < -0.4 is 0 Å². The van der Waals surface area contributed by atoms with Crippen molar-refractivity contribution in [2.45, 2.75) is 38.6 Å². The zero-order valence-corrected chi connectivity index (χ0v) is 11.2. The fourth-order valence-electron chi connectivity index (χ4n) is 2.89. The van der Waals surface area contributed by atoms with E-state index >= 15 is 0 Å². The van der Waals surface area contributed by atoms with Crippen LogP contribution in [0.3, 0.4) is 0 Å². The van der Waals surface area contributed by atoms with Gasteiger partial charge < -0.3 is 4.57 Å². The molecule has 17 heavy (non-hydrogen) atoms. The molecule has 2 heterocycles. The second-order valence-corrected chi connectivity index (χ2v) is 5.41. The summed E-state index contributed by atoms with van der Waals surface area (Å²) in [6, 6.07) is 0.554. The molecule has 0 aromatic carbocycles. The highest BCUT2D eigenvalue weighted by Gasteiger charge is 2.31. The van der Waals surface area contributed by atoms with Gasteiger partial charge >= 0.3 is 0 Å². The van der Waals surface area contributed by atoms with Crippen molar-refractivity contribution in [2.24, 2.45) is 13.0 Å². The lowest BCUT2D eigenvalue weighted by Crippen LogP contribution is -2.26. The number of aromatic nitrogens is 4. The quantitative estimate of drug-likeness (QED) is 0.771. The maximum atomic E-state index is 6.01. The van der Waals surface area contributed by atoms with Gasteiger partial charge in [0.1, 0.15) is 11.3 Å². The van der Waals surface area contributed by atoms with E-state index in [1.807, 2.05) is 18.7 Å². The van der Waals surface area contributed by atoms with E-state index in [2.05, 4.69) is 21.6 Å². The van der Waals surface area contributed by atoms with Gasteiger partial charge in [-0.25, -0.2) is 4.98 Å². The maximum absolute atomic E-state index is 6.01. The fraction of sp³-hybridized carbons (Fsp3) is 0.667. The average molecular weight is 253 g/mol. The molecular formula is C12H17ClN4. The lowest BCUT2D eigenvalue weighted by atomic mass is 9.81. The molecule has 2 aromatic heterocycles. The molecule has 0 aliphatic heterocycles. The van der Waals surface area contributed by atoms with Gasteiger partial charge in [0.2, 0.25) is 0 Å². The summed E-state index contributed by atoms with van der Waals surface area (Å²) in [4.78, 5) is 4.63. The number of nitrogens with zero attached hydrogens (tertiary/aromatic N) is 4. The Balaban J connectivity index is 2.19. The van der Waals surface area contributed by atoms with Gasteiger partial charge in [-0.2, -0.15) is 5.10 Å². The largest absolute Gasteiger partial charge is 0.309 e. The monoisotopic (exact) mass is 252 g/mol. The lowest BCUT2D eigenvalue weighted by molar-refractivity contribution is 0.216. The Morgan fingerprint density at radius 1 is 1.41 bits per heavy atom. The summed E-state index contributed by atoms with van der Waals surface area (Å²) in [5.41, 5.74) is 3.11. The van der Waals surface area contributed by atoms with E-state index < -0.39 is 0 Å². The highest BCUT2D eigenvalue weighted by molar-refractivity contribution is 6.16. The van der Waals surface area contributed by atoms with Gasteiger partial charge in [-0.15, -0.1) is 11.6 Å². The Morgan fingerprint density at radius 3 is 2.71 bits per heavy atom. The van der Waals surface area contributed by atoms with Crippen molar-refractivity contribution in [2.75, 3.05) is 0 Å². The number of imidazole rings is 1. The molecule has 3 rings (SSSR count). The van der Waals surface area contributed by atoms with Crippen molar-refractivity contribution in [3.63, 3.8) is 0 Å². The summed E-state index contributed by atoms with van der Waals surface area (Å²) in [6.07, 6.45) is 2.44. The molecule has 0 bridgehead atoms. The van der Waals surface area contributed by atoms with Crippen LogP contribution in [0.1, 0.15) is 37.3 Å². The number of alkyl halides is 1. The first-order valence-electron chi connectivity index (χ1n) is 6.08. The van der Waals surface area contributed by atoms with E-state index in [-0.39, 0.29) is 0 Å². The standard InChI is InChI=1S/C12H17ClN4/c1-7-4-9(5-7)17-10(6-13)14-11-8(2)15-16(3)12(11)17/h7,9H,4-6H2,1-3H3. The molecule has 2 aromatic rings. The van der Waals surface area contributed by atoms with E-state index in [1.165, 1.54) is 12.8 Å². The van der Waals surface area contributed by atoms with Crippen molar-refractivity contribution in [3.8, 4) is 0 Å². The van der Waals surface area contributed by atoms with E-state index in [0.29, 0.717) is 11.9 Å². The Morgan fingerprint density at radius 2 is 2.12 bits per heavy atom. The molecule has 0 N–H and O–H groups in total. The van der Waals surface area contributed by atoms with Crippen molar-refractivity contribution >= 4 is 22.8 Å². The lowest BCUT2D eigenvalue weighted by Gasteiger charge is -2.34. The van der Waals surface area contributed by atoms with Gasteiger partial charge in [-0.1, -0.05) is 6.92 Å². The van der Waals surface area contributed by atoms with Crippen LogP contribution in [0.25, 0.3) is 11.2 Å². The Kier molecular flexibility index (Phi) is 2.43. The summed E-state index contributed by atoms with van der Waals surface area (Å²) >= 11 is 6.01. The molecule has 1 aliphatic carbocycles. The summed E-state index contributed by atoms with van der Waals surface area (Å²) in [7, 11) is 1.98. The Hall–Kier alpha value is -1.03. The highest BCUT2D eigenvalue weighted by Crippen LogP contribution is 2.40. The second-order valence-electron chi connectivity index (χ2n) is 5.14. The summed E-state index contributed by atoms with van der Waals surface area (Å²) < 4.78 is 4.22. The molecule has 0 amide bonds. The molecule has 4 nitrogen and oxygen atoms in total. The van der Waals surface area contributed by atoms with Gasteiger partial charge in [-0.05, 0) is 25.7 Å². The molecule has 0 unspecified atom stereocenters. The van der Waals surface area contributed by atoms with Crippen LogP contribution in [0.5, 0.6) is 0 Å². The third kappa shape index (κ3) is 1.50. The number of aryl methyl sites for hydroxylation is 2. The van der Waals surface area contributed by atoms with E-state index in [4.69, 9.17) is 11.6 Å². The molecule has 0 saturated heterocycles. The van der Waals surface area contributed by atoms with Gasteiger partial charge in [0, 0.05) is 13.1 Å². The number of fused-ring (bicyclic) bond motifs is 1. The molecule has 5 heteroatoms. The smallest absolute Gasteiger partial charge is 0.158 e. The Bertz CT molecular complexity index is 563. The van der Waals surface area contributed by atoms with Gasteiger partial charge in [0.15, 0.2) is 5.65 Å². The van der Waals surface area contributed by atoms with Crippen LogP contribution in [0.4, 0.5) is 0 Å². The number of hydrogen-bond acceptors (Lipinski definition) is 2. The normalized spacial score (nSPS) is 24.2. The van der Waals surface area contributed by atoms with Crippen LogP contribution in [-0.4, -0.2) is 19.3 Å². The number of halogens is 1. The van der Waals surface area contributed by atoms with Crippen molar-refractivity contribution in [1.82, 2.24) is 19.3 Å². The van der Waals surface area contributed by atoms with Crippen molar-refractivity contribution < 1.29 is 0 Å². The molecule has 92 valence electrons. The summed E-state index contributed by atoms with van der Waals surface area (Å²) in [5.74, 6) is 2.27. The SMILES string of the molecule is Cc1nn(C)c2c1nc(CCl)n2C1CC(C)C1. The summed E-state index contributed by atoms with van der Waals surface area (Å²) in [6.45, 7) is 4.29. The second kappa shape index (κ2) is 3.73. The first kappa shape index (κ1) is 11.1. The third-order valence-electron chi connectivity index (χ3n) is 3.74. The maximum Gasteiger partial charge on any atom is 0.158 e. The zero-order valence-electron chi connectivity index (χ0n) is 10.4. The average Bonchev–Trinajstić information content (AvgIpc) is 2.74. The topological polar surface area (TPSA) is 35.6 Å². The predicted octanol–water partition coefficient (Wildman–Crippen LogP) is 2.79. The zero-order chi connectivity index (χ0) is 12.2. The molecule has 1 aliphatic rings. The predicted molar refractivity (Wildman–Crippen MR) is 68.2 cm³/mol. The first-order valence-corrected chi connectivity index (χ1v) is 6.61. The van der Waals surface area contributed by atoms with Gasteiger partial charge in [-0.3, -0.25) is 4.68 Å². The van der Waals surface area contributed by atoms with Crippen LogP contribution in [-0.2, 0) is 12.9 Å². The van der Waals surface area contributed by atoms with Gasteiger partial charge in [0.25, 0.3) is 0 Å². The van der Waals surface area contributed by atoms with Crippen LogP contribution in [0.15, 0.2) is 0 Å². The first-order chi connectivity index (χ1) is 8.11. The van der Waals surface area contributed by atoms with E-state index in [1.54, 1.807) is 0 Å². The minimum Gasteiger partial charge on any atom is -0.309 e. The molecule has 0 spiro atoms. The van der Waals surface area contributed by atoms with Gasteiger partial charge in [0.05, 0.1) is 11.6 Å². The molecule has 0 atom stereocenters. The number of rotatable bonds is 2. The minimum atomic E-state index is 0.471. The number of hydrogen-bond donors (Lipinski definition) is 0. The highest BCUT2D eigenvalue weighted by atomic mass is 35.5. The Labute approximate surface area is 106 Å². The minimum absolute atomic E-state index is 0.471. The van der Waals surface area contributed by atoms with E-state index in [9.17, 15) is 0 Å². The van der Waals surface area contributed by atoms with Crippen molar-refractivity contribution in [3.05, 3.63) is 11.5 Å². The molecular weight excluding hydrogens is 236 g/mol. The van der Waals surface area contributed by atoms with E-state index in [0.717, 1.165) is 28.6 Å².